The Balaban J connectivity index is 1.60. The Morgan fingerprint density at radius 1 is 1.26 bits per heavy atom. The van der Waals surface area contributed by atoms with Gasteiger partial charge in [0.05, 0.1) is 0 Å². The molecule has 2 aliphatic heterocycles. The van der Waals surface area contributed by atoms with E-state index >= 15 is 0 Å². The van der Waals surface area contributed by atoms with Gasteiger partial charge in [-0.15, -0.1) is 0 Å². The predicted octanol–water partition coefficient (Wildman–Crippen LogP) is 1.61. The normalized spacial score (nSPS) is 21.6. The highest BCUT2D eigenvalue weighted by atomic mass is 16.6. The monoisotopic (exact) mass is 262 g/mol. The molecule has 1 fully saturated rings. The van der Waals surface area contributed by atoms with Crippen LogP contribution in [0.25, 0.3) is 0 Å². The SMILES string of the molecule is Cc1cc2c(cc1CNCC1CCCN1)OCCO2. The van der Waals surface area contributed by atoms with Crippen LogP contribution >= 0.6 is 0 Å². The topological polar surface area (TPSA) is 42.5 Å². The summed E-state index contributed by atoms with van der Waals surface area (Å²) in [5, 5.41) is 7.03. The van der Waals surface area contributed by atoms with Crippen LogP contribution in [0.5, 0.6) is 11.5 Å². The van der Waals surface area contributed by atoms with E-state index in [1.165, 1.54) is 24.0 Å². The number of aryl methyl sites for hydroxylation is 1. The Bertz CT molecular complexity index is 442. The van der Waals surface area contributed by atoms with Crippen molar-refractivity contribution in [2.45, 2.75) is 32.4 Å². The van der Waals surface area contributed by atoms with E-state index in [4.69, 9.17) is 9.47 Å². The van der Waals surface area contributed by atoms with Crippen molar-refractivity contribution >= 4 is 0 Å². The Morgan fingerprint density at radius 2 is 2.05 bits per heavy atom. The molecule has 0 aromatic heterocycles. The molecule has 1 aromatic rings. The van der Waals surface area contributed by atoms with E-state index in [1.54, 1.807) is 0 Å². The van der Waals surface area contributed by atoms with Crippen LogP contribution < -0.4 is 20.1 Å². The first-order chi connectivity index (χ1) is 9.33. The Hall–Kier alpha value is -1.26. The zero-order valence-electron chi connectivity index (χ0n) is 11.5. The van der Waals surface area contributed by atoms with E-state index in [0.29, 0.717) is 19.3 Å². The van der Waals surface area contributed by atoms with Gasteiger partial charge < -0.3 is 20.1 Å². The van der Waals surface area contributed by atoms with Gasteiger partial charge in [0.1, 0.15) is 13.2 Å². The number of hydrogen-bond acceptors (Lipinski definition) is 4. The molecule has 1 atom stereocenters. The van der Waals surface area contributed by atoms with Crippen LogP contribution in [0.3, 0.4) is 0 Å². The number of rotatable bonds is 4. The smallest absolute Gasteiger partial charge is 0.161 e. The summed E-state index contributed by atoms with van der Waals surface area (Å²) in [6, 6.07) is 4.83. The highest BCUT2D eigenvalue weighted by molar-refractivity contribution is 5.47. The maximum atomic E-state index is 5.63. The molecular formula is C15H22N2O2. The minimum absolute atomic E-state index is 0.637. The first kappa shape index (κ1) is 12.8. The molecule has 1 saturated heterocycles. The molecule has 3 rings (SSSR count). The van der Waals surface area contributed by atoms with Gasteiger partial charge >= 0.3 is 0 Å². The summed E-state index contributed by atoms with van der Waals surface area (Å²) in [6.07, 6.45) is 2.59. The average molecular weight is 262 g/mol. The van der Waals surface area contributed by atoms with E-state index in [9.17, 15) is 0 Å². The molecule has 4 heteroatoms. The van der Waals surface area contributed by atoms with E-state index in [1.807, 2.05) is 0 Å². The standard InChI is InChI=1S/C15H22N2O2/c1-11-7-14-15(19-6-5-18-14)8-12(11)9-16-10-13-3-2-4-17-13/h7-8,13,16-17H,2-6,9-10H2,1H3. The van der Waals surface area contributed by atoms with Gasteiger partial charge in [0.25, 0.3) is 0 Å². The fraction of sp³-hybridized carbons (Fsp3) is 0.600. The maximum Gasteiger partial charge on any atom is 0.161 e. The van der Waals surface area contributed by atoms with Crippen LogP contribution in [-0.4, -0.2) is 32.3 Å². The summed E-state index contributed by atoms with van der Waals surface area (Å²) < 4.78 is 11.2. The summed E-state index contributed by atoms with van der Waals surface area (Å²) in [5.74, 6) is 1.76. The molecule has 0 bridgehead atoms. The van der Waals surface area contributed by atoms with Gasteiger partial charge in [-0.25, -0.2) is 0 Å². The van der Waals surface area contributed by atoms with Gasteiger partial charge in [-0.1, -0.05) is 0 Å². The molecule has 0 amide bonds. The van der Waals surface area contributed by atoms with Gasteiger partial charge in [-0.2, -0.15) is 0 Å². The summed E-state index contributed by atoms with van der Waals surface area (Å²) in [6.45, 7) is 6.51. The largest absolute Gasteiger partial charge is 0.486 e. The highest BCUT2D eigenvalue weighted by Crippen LogP contribution is 2.32. The number of fused-ring (bicyclic) bond motifs is 1. The zero-order valence-corrected chi connectivity index (χ0v) is 11.5. The molecule has 0 radical (unpaired) electrons. The predicted molar refractivity (Wildman–Crippen MR) is 74.9 cm³/mol. The molecular weight excluding hydrogens is 240 g/mol. The van der Waals surface area contributed by atoms with Crippen LogP contribution in [0.1, 0.15) is 24.0 Å². The van der Waals surface area contributed by atoms with Crippen molar-refractivity contribution in [2.24, 2.45) is 0 Å². The lowest BCUT2D eigenvalue weighted by Gasteiger charge is -2.20. The first-order valence-corrected chi connectivity index (χ1v) is 7.16. The highest BCUT2D eigenvalue weighted by Gasteiger charge is 2.15. The fourth-order valence-electron chi connectivity index (χ4n) is 2.73. The molecule has 4 nitrogen and oxygen atoms in total. The number of hydrogen-bond donors (Lipinski definition) is 2. The maximum absolute atomic E-state index is 5.63. The Labute approximate surface area is 114 Å². The van der Waals surface area contributed by atoms with Crippen LogP contribution in [0.2, 0.25) is 0 Å². The van der Waals surface area contributed by atoms with E-state index in [2.05, 4.69) is 29.7 Å². The molecule has 2 N–H and O–H groups in total. The zero-order chi connectivity index (χ0) is 13.1. The molecule has 1 unspecified atom stereocenters. The van der Waals surface area contributed by atoms with Crippen molar-refractivity contribution in [3.05, 3.63) is 23.3 Å². The molecule has 2 aliphatic rings. The van der Waals surface area contributed by atoms with Crippen LogP contribution in [0.15, 0.2) is 12.1 Å². The summed E-state index contributed by atoms with van der Waals surface area (Å²) >= 11 is 0. The molecule has 2 heterocycles. The van der Waals surface area contributed by atoms with Gasteiger partial charge in [0.15, 0.2) is 11.5 Å². The molecule has 104 valence electrons. The molecule has 0 spiro atoms. The third-order valence-corrected chi connectivity index (χ3v) is 3.87. The van der Waals surface area contributed by atoms with Crippen molar-refractivity contribution in [3.8, 4) is 11.5 Å². The average Bonchev–Trinajstić information content (AvgIpc) is 2.92. The summed E-state index contributed by atoms with van der Waals surface area (Å²) in [5.41, 5.74) is 2.55. The molecule has 0 aliphatic carbocycles. The minimum atomic E-state index is 0.637. The van der Waals surface area contributed by atoms with Gasteiger partial charge in [-0.3, -0.25) is 0 Å². The van der Waals surface area contributed by atoms with Crippen LogP contribution in [0, 0.1) is 6.92 Å². The van der Waals surface area contributed by atoms with Gasteiger partial charge in [0.2, 0.25) is 0 Å². The fourth-order valence-corrected chi connectivity index (χ4v) is 2.73. The second-order valence-corrected chi connectivity index (χ2v) is 5.35. The third-order valence-electron chi connectivity index (χ3n) is 3.87. The van der Waals surface area contributed by atoms with Crippen molar-refractivity contribution in [1.82, 2.24) is 10.6 Å². The van der Waals surface area contributed by atoms with Gasteiger partial charge in [-0.05, 0) is 49.6 Å². The van der Waals surface area contributed by atoms with Crippen LogP contribution in [-0.2, 0) is 6.54 Å². The quantitative estimate of drug-likeness (QED) is 0.865. The van der Waals surface area contributed by atoms with Crippen molar-refractivity contribution in [3.63, 3.8) is 0 Å². The lowest BCUT2D eigenvalue weighted by molar-refractivity contribution is 0.171. The third kappa shape index (κ3) is 3.01. The minimum Gasteiger partial charge on any atom is -0.486 e. The second-order valence-electron chi connectivity index (χ2n) is 5.35. The van der Waals surface area contributed by atoms with Gasteiger partial charge in [0, 0.05) is 19.1 Å². The molecule has 0 saturated carbocycles. The van der Waals surface area contributed by atoms with Crippen molar-refractivity contribution < 1.29 is 9.47 Å². The lowest BCUT2D eigenvalue weighted by atomic mass is 10.1. The van der Waals surface area contributed by atoms with E-state index in [-0.39, 0.29) is 0 Å². The van der Waals surface area contributed by atoms with Crippen LogP contribution in [0.4, 0.5) is 0 Å². The van der Waals surface area contributed by atoms with E-state index in [0.717, 1.165) is 31.1 Å². The molecule has 19 heavy (non-hydrogen) atoms. The summed E-state index contributed by atoms with van der Waals surface area (Å²) in [7, 11) is 0. The number of nitrogens with one attached hydrogen (secondary N) is 2. The lowest BCUT2D eigenvalue weighted by Crippen LogP contribution is -2.33. The Kier molecular flexibility index (Phi) is 3.89. The Morgan fingerprint density at radius 3 is 2.79 bits per heavy atom. The number of benzene rings is 1. The molecule has 1 aromatic carbocycles. The second kappa shape index (κ2) is 5.80. The first-order valence-electron chi connectivity index (χ1n) is 7.16. The van der Waals surface area contributed by atoms with Crippen molar-refractivity contribution in [1.29, 1.82) is 0 Å². The van der Waals surface area contributed by atoms with Crippen molar-refractivity contribution in [2.75, 3.05) is 26.3 Å². The summed E-state index contributed by atoms with van der Waals surface area (Å²) in [4.78, 5) is 0. The number of ether oxygens (including phenoxy) is 2. The van der Waals surface area contributed by atoms with E-state index < -0.39 is 0 Å².